The highest BCUT2D eigenvalue weighted by atomic mass is 15.1. The Morgan fingerprint density at radius 1 is 1.17 bits per heavy atom. The van der Waals surface area contributed by atoms with Gasteiger partial charge in [0.2, 0.25) is 0 Å². The molecule has 0 bridgehead atoms. The van der Waals surface area contributed by atoms with Crippen molar-refractivity contribution in [3.63, 3.8) is 0 Å². The third-order valence-electron chi connectivity index (χ3n) is 2.47. The summed E-state index contributed by atoms with van der Waals surface area (Å²) in [6.07, 6.45) is 4.18. The Morgan fingerprint density at radius 2 is 1.67 bits per heavy atom. The van der Waals surface area contributed by atoms with E-state index in [1.54, 1.807) is 0 Å². The normalized spacial score (nSPS) is 20.0. The van der Waals surface area contributed by atoms with Crippen molar-refractivity contribution in [2.24, 2.45) is 5.92 Å². The predicted octanol–water partition coefficient (Wildman–Crippen LogP) is 3.15. The first kappa shape index (κ1) is 12.0. The summed E-state index contributed by atoms with van der Waals surface area (Å²) in [4.78, 5) is 2.59. The van der Waals surface area contributed by atoms with E-state index in [4.69, 9.17) is 0 Å². The highest BCUT2D eigenvalue weighted by Crippen LogP contribution is 2.11. The van der Waals surface area contributed by atoms with Crippen LogP contribution in [0.2, 0.25) is 0 Å². The van der Waals surface area contributed by atoms with Gasteiger partial charge in [-0.1, -0.05) is 34.1 Å². The van der Waals surface area contributed by atoms with Crippen LogP contribution < -0.4 is 0 Å². The maximum Gasteiger partial charge on any atom is 0.000692 e. The quantitative estimate of drug-likeness (QED) is 0.630. The van der Waals surface area contributed by atoms with Crippen molar-refractivity contribution >= 4 is 0 Å². The van der Waals surface area contributed by atoms with E-state index in [9.17, 15) is 0 Å². The van der Waals surface area contributed by atoms with Gasteiger partial charge in [-0.05, 0) is 31.8 Å². The molecule has 1 atom stereocenters. The van der Waals surface area contributed by atoms with E-state index >= 15 is 0 Å². The number of hydrogen-bond donors (Lipinski definition) is 0. The van der Waals surface area contributed by atoms with Crippen molar-refractivity contribution in [3.05, 3.63) is 0 Å². The molecule has 74 valence electrons. The van der Waals surface area contributed by atoms with E-state index in [2.05, 4.69) is 18.7 Å². The molecule has 0 aromatic rings. The maximum atomic E-state index is 2.59. The zero-order chi connectivity index (χ0) is 9.40. The fourth-order valence-electron chi connectivity index (χ4n) is 1.54. The van der Waals surface area contributed by atoms with E-state index in [1.165, 1.54) is 38.9 Å². The van der Waals surface area contributed by atoms with Crippen LogP contribution in [-0.4, -0.2) is 24.5 Å². The molecule has 0 radical (unpaired) electrons. The Kier molecular flexibility index (Phi) is 7.58. The summed E-state index contributed by atoms with van der Waals surface area (Å²) in [7, 11) is 0. The van der Waals surface area contributed by atoms with Crippen molar-refractivity contribution in [1.82, 2.24) is 4.90 Å². The van der Waals surface area contributed by atoms with Crippen LogP contribution in [-0.2, 0) is 0 Å². The van der Waals surface area contributed by atoms with E-state index in [0.29, 0.717) is 0 Å². The SMILES string of the molecule is CC.CCC(C)CN1CCCC1. The van der Waals surface area contributed by atoms with E-state index < -0.39 is 0 Å². The van der Waals surface area contributed by atoms with Crippen molar-refractivity contribution < 1.29 is 0 Å². The zero-order valence-corrected chi connectivity index (χ0v) is 9.27. The standard InChI is InChI=1S/C9H19N.C2H6/c1-3-9(2)8-10-6-4-5-7-10;1-2/h9H,3-8H2,1-2H3;1-2H3. The number of hydrogen-bond acceptors (Lipinski definition) is 1. The summed E-state index contributed by atoms with van der Waals surface area (Å²) < 4.78 is 0. The second-order valence-corrected chi connectivity index (χ2v) is 3.52. The lowest BCUT2D eigenvalue weighted by Crippen LogP contribution is -2.24. The van der Waals surface area contributed by atoms with Gasteiger partial charge in [0.15, 0.2) is 0 Å². The fourth-order valence-corrected chi connectivity index (χ4v) is 1.54. The summed E-state index contributed by atoms with van der Waals surface area (Å²) in [5, 5.41) is 0. The molecule has 1 fully saturated rings. The van der Waals surface area contributed by atoms with Crippen LogP contribution in [0.25, 0.3) is 0 Å². The average molecular weight is 171 g/mol. The van der Waals surface area contributed by atoms with E-state index in [0.717, 1.165) is 5.92 Å². The molecule has 1 nitrogen and oxygen atoms in total. The van der Waals surface area contributed by atoms with Gasteiger partial charge >= 0.3 is 0 Å². The molecular formula is C11H25N. The summed E-state index contributed by atoms with van der Waals surface area (Å²) >= 11 is 0. The van der Waals surface area contributed by atoms with Gasteiger partial charge in [-0.15, -0.1) is 0 Å². The van der Waals surface area contributed by atoms with Gasteiger partial charge in [0, 0.05) is 6.54 Å². The van der Waals surface area contributed by atoms with Crippen LogP contribution >= 0.6 is 0 Å². The van der Waals surface area contributed by atoms with Gasteiger partial charge in [-0.2, -0.15) is 0 Å². The lowest BCUT2D eigenvalue weighted by atomic mass is 10.1. The molecule has 0 spiro atoms. The maximum absolute atomic E-state index is 2.59. The molecule has 0 aromatic heterocycles. The minimum atomic E-state index is 0.901. The molecule has 0 saturated carbocycles. The lowest BCUT2D eigenvalue weighted by molar-refractivity contribution is 0.284. The summed E-state index contributed by atoms with van der Waals surface area (Å²) in [6, 6.07) is 0. The Morgan fingerprint density at radius 3 is 2.08 bits per heavy atom. The van der Waals surface area contributed by atoms with E-state index in [-0.39, 0.29) is 0 Å². The lowest BCUT2D eigenvalue weighted by Gasteiger charge is -2.18. The predicted molar refractivity (Wildman–Crippen MR) is 56.5 cm³/mol. The van der Waals surface area contributed by atoms with Crippen molar-refractivity contribution in [3.8, 4) is 0 Å². The van der Waals surface area contributed by atoms with Crippen LogP contribution in [0.1, 0.15) is 47.0 Å². The molecular weight excluding hydrogens is 146 g/mol. The van der Waals surface area contributed by atoms with Crippen LogP contribution in [0, 0.1) is 5.92 Å². The molecule has 12 heavy (non-hydrogen) atoms. The molecule has 1 heterocycles. The highest BCUT2D eigenvalue weighted by molar-refractivity contribution is 4.67. The Hall–Kier alpha value is -0.0400. The Labute approximate surface area is 78.1 Å². The molecule has 0 amide bonds. The van der Waals surface area contributed by atoms with Gasteiger partial charge < -0.3 is 4.90 Å². The average Bonchev–Trinajstić information content (AvgIpc) is 2.60. The third kappa shape index (κ3) is 4.76. The molecule has 0 aromatic carbocycles. The Bertz CT molecular complexity index is 85.0. The smallest absolute Gasteiger partial charge is 0.000692 e. The fraction of sp³-hybridized carbons (Fsp3) is 1.00. The first-order valence-corrected chi connectivity index (χ1v) is 5.55. The van der Waals surface area contributed by atoms with Gasteiger partial charge in [0.05, 0.1) is 0 Å². The zero-order valence-electron chi connectivity index (χ0n) is 9.27. The number of rotatable bonds is 3. The van der Waals surface area contributed by atoms with Crippen molar-refractivity contribution in [2.75, 3.05) is 19.6 Å². The molecule has 1 aliphatic rings. The molecule has 1 unspecified atom stereocenters. The third-order valence-corrected chi connectivity index (χ3v) is 2.47. The number of nitrogens with zero attached hydrogens (tertiary/aromatic N) is 1. The van der Waals surface area contributed by atoms with Gasteiger partial charge in [0.1, 0.15) is 0 Å². The van der Waals surface area contributed by atoms with Crippen LogP contribution in [0.4, 0.5) is 0 Å². The topological polar surface area (TPSA) is 3.24 Å². The van der Waals surface area contributed by atoms with E-state index in [1.807, 2.05) is 13.8 Å². The summed E-state index contributed by atoms with van der Waals surface area (Å²) in [5.74, 6) is 0.901. The van der Waals surface area contributed by atoms with Gasteiger partial charge in [-0.25, -0.2) is 0 Å². The molecule has 1 aliphatic heterocycles. The van der Waals surface area contributed by atoms with Crippen molar-refractivity contribution in [2.45, 2.75) is 47.0 Å². The first-order chi connectivity index (χ1) is 5.83. The van der Waals surface area contributed by atoms with Crippen LogP contribution in [0.3, 0.4) is 0 Å². The van der Waals surface area contributed by atoms with Gasteiger partial charge in [-0.3, -0.25) is 0 Å². The van der Waals surface area contributed by atoms with Crippen LogP contribution in [0.15, 0.2) is 0 Å². The van der Waals surface area contributed by atoms with Crippen molar-refractivity contribution in [1.29, 1.82) is 0 Å². The summed E-state index contributed by atoms with van der Waals surface area (Å²) in [6.45, 7) is 12.7. The largest absolute Gasteiger partial charge is 0.303 e. The molecule has 0 N–H and O–H groups in total. The minimum Gasteiger partial charge on any atom is -0.303 e. The number of likely N-dealkylation sites (tertiary alicyclic amines) is 1. The monoisotopic (exact) mass is 171 g/mol. The minimum absolute atomic E-state index is 0.901. The van der Waals surface area contributed by atoms with Gasteiger partial charge in [0.25, 0.3) is 0 Å². The molecule has 0 aliphatic carbocycles. The molecule has 1 heteroatoms. The molecule has 1 rings (SSSR count). The first-order valence-electron chi connectivity index (χ1n) is 5.55. The Balaban J connectivity index is 0.000000561. The van der Waals surface area contributed by atoms with Crippen LogP contribution in [0.5, 0.6) is 0 Å². The second-order valence-electron chi connectivity index (χ2n) is 3.52. The summed E-state index contributed by atoms with van der Waals surface area (Å²) in [5.41, 5.74) is 0. The second kappa shape index (κ2) is 7.60. The molecule has 1 saturated heterocycles. The highest BCUT2D eigenvalue weighted by Gasteiger charge is 2.12.